The smallest absolute Gasteiger partial charge is 0.250 e. The minimum Gasteiger partial charge on any atom is -0.302 e. The van der Waals surface area contributed by atoms with Gasteiger partial charge in [-0.3, -0.25) is 4.79 Å². The highest BCUT2D eigenvalue weighted by atomic mass is 79.9. The van der Waals surface area contributed by atoms with Gasteiger partial charge in [0.15, 0.2) is 11.0 Å². The number of amides is 1. The Hall–Kier alpha value is -2.71. The molecular formula is C22H22BrN5OS. The molecule has 1 N–H and O–H groups in total. The average Bonchev–Trinajstić information content (AvgIpc) is 3.16. The van der Waals surface area contributed by atoms with Gasteiger partial charge in [-0.2, -0.15) is 5.10 Å². The third-order valence-electron chi connectivity index (χ3n) is 4.16. The molecule has 1 heterocycles. The summed E-state index contributed by atoms with van der Waals surface area (Å²) in [4.78, 5) is 12.1. The lowest BCUT2D eigenvalue weighted by molar-refractivity contribution is -0.118. The molecular weight excluding hydrogens is 462 g/mol. The molecule has 6 nitrogen and oxygen atoms in total. The van der Waals surface area contributed by atoms with Gasteiger partial charge in [-0.05, 0) is 41.4 Å². The van der Waals surface area contributed by atoms with Crippen molar-refractivity contribution in [1.82, 2.24) is 20.2 Å². The van der Waals surface area contributed by atoms with Gasteiger partial charge in [-0.15, -0.1) is 10.2 Å². The highest BCUT2D eigenvalue weighted by molar-refractivity contribution is 9.12. The molecule has 154 valence electrons. The van der Waals surface area contributed by atoms with Crippen molar-refractivity contribution in [1.29, 1.82) is 0 Å². The summed E-state index contributed by atoms with van der Waals surface area (Å²) >= 11 is 4.76. The predicted molar refractivity (Wildman–Crippen MR) is 127 cm³/mol. The molecule has 2 aromatic carbocycles. The van der Waals surface area contributed by atoms with Crippen LogP contribution in [-0.4, -0.2) is 32.6 Å². The molecule has 3 rings (SSSR count). The fourth-order valence-electron chi connectivity index (χ4n) is 2.67. The Morgan fingerprint density at radius 1 is 1.17 bits per heavy atom. The number of halogens is 1. The van der Waals surface area contributed by atoms with Gasteiger partial charge in [0.2, 0.25) is 0 Å². The second-order valence-corrected chi connectivity index (χ2v) is 8.30. The number of hydrogen-bond donors (Lipinski definition) is 1. The number of hydrogen-bond acceptors (Lipinski definition) is 5. The maximum atomic E-state index is 12.1. The molecule has 0 radical (unpaired) electrons. The van der Waals surface area contributed by atoms with Crippen molar-refractivity contribution >= 4 is 45.9 Å². The number of aryl methyl sites for hydroxylation is 1. The number of aromatic nitrogens is 3. The van der Waals surface area contributed by atoms with Crippen molar-refractivity contribution in [3.63, 3.8) is 0 Å². The summed E-state index contributed by atoms with van der Waals surface area (Å²) < 4.78 is 2.76. The van der Waals surface area contributed by atoms with E-state index in [1.807, 2.05) is 79.1 Å². The fraction of sp³-hybridized carbons (Fsp3) is 0.182. The molecule has 0 fully saturated rings. The molecule has 3 aromatic rings. The van der Waals surface area contributed by atoms with Gasteiger partial charge in [-0.25, -0.2) is 5.43 Å². The van der Waals surface area contributed by atoms with E-state index in [4.69, 9.17) is 0 Å². The molecule has 0 aliphatic rings. The van der Waals surface area contributed by atoms with E-state index in [1.54, 1.807) is 6.21 Å². The fourth-order valence-corrected chi connectivity index (χ4v) is 3.83. The molecule has 0 spiro atoms. The number of carbonyl (C=O) groups is 1. The topological polar surface area (TPSA) is 72.2 Å². The van der Waals surface area contributed by atoms with Gasteiger partial charge in [-0.1, -0.05) is 71.9 Å². The number of thioether (sulfide) groups is 1. The summed E-state index contributed by atoms with van der Waals surface area (Å²) in [5.74, 6) is 0.788. The maximum absolute atomic E-state index is 12.1. The maximum Gasteiger partial charge on any atom is 0.250 e. The first-order valence-electron chi connectivity index (χ1n) is 9.44. The van der Waals surface area contributed by atoms with E-state index in [9.17, 15) is 4.79 Å². The molecule has 0 atom stereocenters. The number of nitrogens with zero attached hydrogens (tertiary/aromatic N) is 4. The van der Waals surface area contributed by atoms with Gasteiger partial charge in [0.25, 0.3) is 5.91 Å². The summed E-state index contributed by atoms with van der Waals surface area (Å²) in [6, 6.07) is 18.0. The summed E-state index contributed by atoms with van der Waals surface area (Å²) in [6.07, 6.45) is 3.47. The minimum absolute atomic E-state index is 0.198. The van der Waals surface area contributed by atoms with Crippen molar-refractivity contribution in [2.45, 2.75) is 25.5 Å². The lowest BCUT2D eigenvalue weighted by Gasteiger charge is -2.07. The molecule has 30 heavy (non-hydrogen) atoms. The second-order valence-electron chi connectivity index (χ2n) is 6.44. The molecule has 0 unspecified atom stereocenters. The first-order valence-corrected chi connectivity index (χ1v) is 11.2. The van der Waals surface area contributed by atoms with E-state index >= 15 is 0 Å². The predicted octanol–water partition coefficient (Wildman–Crippen LogP) is 4.90. The van der Waals surface area contributed by atoms with Crippen molar-refractivity contribution in [2.24, 2.45) is 5.10 Å². The van der Waals surface area contributed by atoms with Gasteiger partial charge in [0.1, 0.15) is 0 Å². The zero-order valence-electron chi connectivity index (χ0n) is 16.7. The lowest BCUT2D eigenvalue weighted by Crippen LogP contribution is -2.19. The van der Waals surface area contributed by atoms with Crippen molar-refractivity contribution in [3.8, 4) is 11.4 Å². The number of allylic oxidation sites excluding steroid dienone is 1. The van der Waals surface area contributed by atoms with Gasteiger partial charge in [0.05, 0.1) is 12.0 Å². The normalized spacial score (nSPS) is 11.8. The van der Waals surface area contributed by atoms with Crippen LogP contribution in [0.4, 0.5) is 0 Å². The molecule has 0 saturated carbocycles. The third kappa shape index (κ3) is 6.14. The Bertz CT molecular complexity index is 1050. The summed E-state index contributed by atoms with van der Waals surface area (Å²) in [5.41, 5.74) is 5.77. The van der Waals surface area contributed by atoms with Crippen molar-refractivity contribution in [2.75, 3.05) is 5.75 Å². The highest BCUT2D eigenvalue weighted by Gasteiger charge is 2.14. The molecule has 0 saturated heterocycles. The monoisotopic (exact) mass is 483 g/mol. The average molecular weight is 484 g/mol. The summed E-state index contributed by atoms with van der Waals surface area (Å²) in [7, 11) is 0. The van der Waals surface area contributed by atoms with E-state index in [2.05, 4.69) is 36.7 Å². The number of rotatable bonds is 8. The van der Waals surface area contributed by atoms with Crippen LogP contribution in [0.2, 0.25) is 0 Å². The first-order chi connectivity index (χ1) is 14.6. The summed E-state index contributed by atoms with van der Waals surface area (Å²) in [5, 5.41) is 13.3. The van der Waals surface area contributed by atoms with Crippen molar-refractivity contribution < 1.29 is 4.79 Å². The number of hydrazone groups is 1. The summed E-state index contributed by atoms with van der Waals surface area (Å²) in [6.45, 7) is 4.80. The number of nitrogens with one attached hydrogen (secondary N) is 1. The molecule has 8 heteroatoms. The van der Waals surface area contributed by atoms with Gasteiger partial charge < -0.3 is 4.57 Å². The Morgan fingerprint density at radius 3 is 2.60 bits per heavy atom. The van der Waals surface area contributed by atoms with E-state index < -0.39 is 0 Å². The Labute approximate surface area is 188 Å². The van der Waals surface area contributed by atoms with Crippen LogP contribution >= 0.6 is 27.7 Å². The van der Waals surface area contributed by atoms with Gasteiger partial charge >= 0.3 is 0 Å². The third-order valence-corrected chi connectivity index (χ3v) is 5.56. The molecule has 1 aromatic heterocycles. The van der Waals surface area contributed by atoms with E-state index in [-0.39, 0.29) is 11.7 Å². The quantitative estimate of drug-likeness (QED) is 0.280. The van der Waals surface area contributed by atoms with E-state index in [0.29, 0.717) is 5.16 Å². The largest absolute Gasteiger partial charge is 0.302 e. The SMILES string of the molecule is CCn1c(SCC(=O)NN=CC(Br)=Cc2ccccc2)nnc1-c1ccc(C)cc1. The van der Waals surface area contributed by atoms with Crippen molar-refractivity contribution in [3.05, 3.63) is 70.2 Å². The van der Waals surface area contributed by atoms with Gasteiger partial charge in [0, 0.05) is 16.6 Å². The lowest BCUT2D eigenvalue weighted by atomic mass is 10.1. The zero-order valence-corrected chi connectivity index (χ0v) is 19.2. The molecule has 0 aliphatic heterocycles. The van der Waals surface area contributed by atoms with E-state index in [1.165, 1.54) is 17.3 Å². The number of benzene rings is 2. The number of carbonyl (C=O) groups excluding carboxylic acids is 1. The Kier molecular flexibility index (Phi) is 7.98. The van der Waals surface area contributed by atoms with Crippen LogP contribution in [-0.2, 0) is 11.3 Å². The molecule has 0 bridgehead atoms. The Balaban J connectivity index is 1.56. The molecule has 0 aliphatic carbocycles. The van der Waals surface area contributed by atoms with E-state index in [0.717, 1.165) is 28.0 Å². The minimum atomic E-state index is -0.209. The van der Waals surface area contributed by atoms with Crippen LogP contribution < -0.4 is 5.43 Å². The van der Waals surface area contributed by atoms with Crippen LogP contribution in [0.1, 0.15) is 18.1 Å². The second kappa shape index (κ2) is 10.9. The van der Waals surface area contributed by atoms with Crippen LogP contribution in [0.3, 0.4) is 0 Å². The zero-order chi connectivity index (χ0) is 21.3. The van der Waals surface area contributed by atoms with Crippen LogP contribution in [0, 0.1) is 6.92 Å². The van der Waals surface area contributed by atoms with Crippen LogP contribution in [0.5, 0.6) is 0 Å². The Morgan fingerprint density at radius 2 is 1.90 bits per heavy atom. The molecule has 1 amide bonds. The van der Waals surface area contributed by atoms with Crippen LogP contribution in [0.25, 0.3) is 17.5 Å². The van der Waals surface area contributed by atoms with Crippen LogP contribution in [0.15, 0.2) is 69.3 Å². The first kappa shape index (κ1) is 22.0. The highest BCUT2D eigenvalue weighted by Crippen LogP contribution is 2.24. The standard InChI is InChI=1S/C22H22BrN5OS/c1-3-28-21(18-11-9-16(2)10-12-18)26-27-22(28)30-15-20(29)25-24-14-19(23)13-17-7-5-4-6-8-17/h4-14H,3,15H2,1-2H3,(H,25,29).